The third-order valence-corrected chi connectivity index (χ3v) is 4.20. The number of carboxylic acid groups (broad SMARTS) is 1. The average molecular weight is 379 g/mol. The average Bonchev–Trinajstić information content (AvgIpc) is 2.62. The Morgan fingerprint density at radius 1 is 1.44 bits per heavy atom. The van der Waals surface area contributed by atoms with Gasteiger partial charge in [-0.2, -0.15) is 0 Å². The van der Waals surface area contributed by atoms with Crippen molar-refractivity contribution in [2.45, 2.75) is 25.9 Å². The van der Waals surface area contributed by atoms with Gasteiger partial charge in [0.05, 0.1) is 25.9 Å². The van der Waals surface area contributed by atoms with Crippen LogP contribution in [-0.2, 0) is 9.53 Å². The van der Waals surface area contributed by atoms with Crippen molar-refractivity contribution in [3.05, 3.63) is 24.3 Å². The molecule has 2 amide bonds. The molecule has 1 saturated heterocycles. The Hall–Kier alpha value is -2.32. The van der Waals surface area contributed by atoms with Crippen LogP contribution in [0.15, 0.2) is 24.3 Å². The number of unbranched alkanes of at least 4 members (excludes halogenated alkanes) is 1. The zero-order chi connectivity index (χ0) is 19.6. The minimum absolute atomic E-state index is 0.0587. The molecule has 2 rings (SSSR count). The lowest BCUT2D eigenvalue weighted by Crippen LogP contribution is -2.50. The van der Waals surface area contributed by atoms with Crippen molar-refractivity contribution in [2.75, 3.05) is 51.8 Å². The van der Waals surface area contributed by atoms with Crippen LogP contribution in [0, 0.1) is 0 Å². The molecule has 1 aromatic rings. The highest BCUT2D eigenvalue weighted by Gasteiger charge is 2.25. The highest BCUT2D eigenvalue weighted by molar-refractivity contribution is 5.89. The Balaban J connectivity index is 1.86. The molecule has 8 nitrogen and oxygen atoms in total. The van der Waals surface area contributed by atoms with E-state index in [1.807, 2.05) is 24.3 Å². The summed E-state index contributed by atoms with van der Waals surface area (Å²) in [5.41, 5.74) is 0.681. The van der Waals surface area contributed by atoms with E-state index in [1.165, 1.54) is 0 Å². The van der Waals surface area contributed by atoms with Crippen molar-refractivity contribution in [3.63, 3.8) is 0 Å². The van der Waals surface area contributed by atoms with E-state index in [0.29, 0.717) is 38.5 Å². The van der Waals surface area contributed by atoms with Gasteiger partial charge in [-0.15, -0.1) is 0 Å². The van der Waals surface area contributed by atoms with Gasteiger partial charge in [0.15, 0.2) is 0 Å². The van der Waals surface area contributed by atoms with E-state index in [2.05, 4.69) is 12.2 Å². The molecule has 1 heterocycles. The first-order valence-electron chi connectivity index (χ1n) is 9.28. The van der Waals surface area contributed by atoms with Crippen LogP contribution >= 0.6 is 0 Å². The van der Waals surface area contributed by atoms with Crippen LogP contribution < -0.4 is 10.1 Å². The number of ether oxygens (including phenoxy) is 2. The fourth-order valence-electron chi connectivity index (χ4n) is 2.86. The number of urea groups is 1. The van der Waals surface area contributed by atoms with Gasteiger partial charge in [0, 0.05) is 31.4 Å². The maximum atomic E-state index is 12.6. The number of carboxylic acids is 1. The van der Waals surface area contributed by atoms with Crippen molar-refractivity contribution < 1.29 is 24.2 Å². The first kappa shape index (κ1) is 21.0. The largest absolute Gasteiger partial charge is 0.494 e. The smallest absolute Gasteiger partial charge is 0.322 e. The molecule has 1 unspecified atom stereocenters. The fourth-order valence-corrected chi connectivity index (χ4v) is 2.86. The van der Waals surface area contributed by atoms with E-state index in [9.17, 15) is 9.59 Å². The predicted octanol–water partition coefficient (Wildman–Crippen LogP) is 2.11. The number of anilines is 1. The number of rotatable bonds is 9. The van der Waals surface area contributed by atoms with Gasteiger partial charge in [0.1, 0.15) is 5.75 Å². The lowest BCUT2D eigenvalue weighted by atomic mass is 10.2. The van der Waals surface area contributed by atoms with Gasteiger partial charge in [-0.1, -0.05) is 19.4 Å². The third-order valence-electron chi connectivity index (χ3n) is 4.20. The molecule has 2 N–H and O–H groups in total. The number of hydrogen-bond donors (Lipinski definition) is 2. The van der Waals surface area contributed by atoms with Gasteiger partial charge in [-0.05, 0) is 25.6 Å². The number of hydrogen-bond acceptors (Lipinski definition) is 5. The number of carbonyl (C=O) groups excluding carboxylic acids is 1. The summed E-state index contributed by atoms with van der Waals surface area (Å²) >= 11 is 0. The van der Waals surface area contributed by atoms with Gasteiger partial charge in [0.2, 0.25) is 0 Å². The van der Waals surface area contributed by atoms with E-state index in [4.69, 9.17) is 14.6 Å². The first-order valence-corrected chi connectivity index (χ1v) is 9.28. The highest BCUT2D eigenvalue weighted by Crippen LogP contribution is 2.18. The van der Waals surface area contributed by atoms with Crippen molar-refractivity contribution >= 4 is 17.7 Å². The van der Waals surface area contributed by atoms with Crippen LogP contribution in [0.3, 0.4) is 0 Å². The van der Waals surface area contributed by atoms with E-state index >= 15 is 0 Å². The predicted molar refractivity (Wildman–Crippen MR) is 102 cm³/mol. The van der Waals surface area contributed by atoms with E-state index in [0.717, 1.165) is 18.6 Å². The number of carbonyl (C=O) groups is 2. The molecule has 0 radical (unpaired) electrons. The monoisotopic (exact) mass is 379 g/mol. The molecule has 0 spiro atoms. The Bertz CT molecular complexity index is 625. The summed E-state index contributed by atoms with van der Waals surface area (Å²) in [5.74, 6) is -0.152. The Labute approximate surface area is 160 Å². The molecule has 1 atom stereocenters. The van der Waals surface area contributed by atoms with E-state index < -0.39 is 5.97 Å². The molecule has 150 valence electrons. The Kier molecular flexibility index (Phi) is 8.35. The lowest BCUT2D eigenvalue weighted by Gasteiger charge is -2.34. The van der Waals surface area contributed by atoms with Crippen LogP contribution in [0.1, 0.15) is 19.8 Å². The van der Waals surface area contributed by atoms with E-state index in [-0.39, 0.29) is 18.7 Å². The second-order valence-electron chi connectivity index (χ2n) is 6.69. The molecule has 1 aliphatic heterocycles. The molecular formula is C19H29N3O5. The van der Waals surface area contributed by atoms with E-state index in [1.54, 1.807) is 16.8 Å². The molecule has 0 aromatic heterocycles. The Morgan fingerprint density at radius 3 is 3.00 bits per heavy atom. The molecule has 27 heavy (non-hydrogen) atoms. The van der Waals surface area contributed by atoms with Gasteiger partial charge >= 0.3 is 12.0 Å². The molecule has 0 aliphatic carbocycles. The molecule has 0 saturated carbocycles. The normalized spacial score (nSPS) is 17.0. The first-order chi connectivity index (χ1) is 13.0. The number of amides is 2. The van der Waals surface area contributed by atoms with Gasteiger partial charge in [-0.3, -0.25) is 9.69 Å². The number of likely N-dealkylation sites (N-methyl/N-ethyl adjacent to an activating group) is 1. The summed E-state index contributed by atoms with van der Waals surface area (Å²) in [7, 11) is 1.72. The molecule has 1 aliphatic rings. The van der Waals surface area contributed by atoms with Crippen molar-refractivity contribution in [3.8, 4) is 5.75 Å². The summed E-state index contributed by atoms with van der Waals surface area (Å²) in [6.45, 7) is 4.50. The third kappa shape index (κ3) is 7.44. The SMILES string of the molecule is CCCCOc1cccc(NC(=O)N2CCOC(CN(C)CC(=O)O)C2)c1. The maximum absolute atomic E-state index is 12.6. The Morgan fingerprint density at radius 2 is 2.26 bits per heavy atom. The quantitative estimate of drug-likeness (QED) is 0.639. The van der Waals surface area contributed by atoms with Crippen LogP contribution in [0.5, 0.6) is 5.75 Å². The van der Waals surface area contributed by atoms with Crippen LogP contribution in [0.25, 0.3) is 0 Å². The van der Waals surface area contributed by atoms with Crippen molar-refractivity contribution in [1.29, 1.82) is 0 Å². The summed E-state index contributed by atoms with van der Waals surface area (Å²) in [5, 5.41) is 11.7. The standard InChI is InChI=1S/C19H29N3O5/c1-3-4-9-26-16-7-5-6-15(11-16)20-19(25)22-8-10-27-17(13-22)12-21(2)14-18(23)24/h5-7,11,17H,3-4,8-10,12-14H2,1-2H3,(H,20,25)(H,23,24). The molecular weight excluding hydrogens is 350 g/mol. The summed E-state index contributed by atoms with van der Waals surface area (Å²) in [4.78, 5) is 26.7. The minimum atomic E-state index is -0.885. The number of nitrogens with one attached hydrogen (secondary N) is 1. The number of nitrogens with zero attached hydrogens (tertiary/aromatic N) is 2. The fraction of sp³-hybridized carbons (Fsp3) is 0.579. The summed E-state index contributed by atoms with van der Waals surface area (Å²) in [6.07, 6.45) is 1.84. The maximum Gasteiger partial charge on any atom is 0.322 e. The van der Waals surface area contributed by atoms with Crippen LogP contribution in [0.2, 0.25) is 0 Å². The zero-order valence-electron chi connectivity index (χ0n) is 16.0. The topological polar surface area (TPSA) is 91.3 Å². The molecule has 1 fully saturated rings. The van der Waals surface area contributed by atoms with Gasteiger partial charge in [0.25, 0.3) is 0 Å². The van der Waals surface area contributed by atoms with Crippen LogP contribution in [-0.4, -0.2) is 79.5 Å². The van der Waals surface area contributed by atoms with Gasteiger partial charge in [-0.25, -0.2) is 4.79 Å². The van der Waals surface area contributed by atoms with Gasteiger partial charge < -0.3 is 24.8 Å². The second kappa shape index (κ2) is 10.7. The number of benzene rings is 1. The number of morpholine rings is 1. The van der Waals surface area contributed by atoms with Crippen molar-refractivity contribution in [1.82, 2.24) is 9.80 Å². The zero-order valence-corrected chi connectivity index (χ0v) is 16.0. The molecule has 8 heteroatoms. The lowest BCUT2D eigenvalue weighted by molar-refractivity contribution is -0.138. The highest BCUT2D eigenvalue weighted by atomic mass is 16.5. The molecule has 1 aromatic carbocycles. The van der Waals surface area contributed by atoms with Crippen molar-refractivity contribution in [2.24, 2.45) is 0 Å². The second-order valence-corrected chi connectivity index (χ2v) is 6.69. The molecule has 0 bridgehead atoms. The summed E-state index contributed by atoms with van der Waals surface area (Å²) < 4.78 is 11.3. The van der Waals surface area contributed by atoms with Crippen LogP contribution in [0.4, 0.5) is 10.5 Å². The summed E-state index contributed by atoms with van der Waals surface area (Å²) in [6, 6.07) is 7.15. The minimum Gasteiger partial charge on any atom is -0.494 e. The number of aliphatic carboxylic acids is 1.